The van der Waals surface area contributed by atoms with Crippen LogP contribution in [0.1, 0.15) is 58.3 Å². The van der Waals surface area contributed by atoms with Gasteiger partial charge in [0.2, 0.25) is 11.8 Å². The molecule has 1 heterocycles. The first kappa shape index (κ1) is 16.3. The molecule has 1 aliphatic heterocycles. The first-order valence-electron chi connectivity index (χ1n) is 8.40. The number of nitrogens with zero attached hydrogens (tertiary/aromatic N) is 1. The van der Waals surface area contributed by atoms with Gasteiger partial charge >= 0.3 is 0 Å². The average molecular weight is 295 g/mol. The molecular formula is C16H29N3O2. The lowest BCUT2D eigenvalue weighted by atomic mass is 9.88. The molecule has 2 rings (SSSR count). The van der Waals surface area contributed by atoms with Crippen LogP contribution in [0.3, 0.4) is 0 Å². The van der Waals surface area contributed by atoms with Crippen molar-refractivity contribution in [1.29, 1.82) is 0 Å². The first-order chi connectivity index (χ1) is 10.1. The smallest absolute Gasteiger partial charge is 0.224 e. The van der Waals surface area contributed by atoms with E-state index in [9.17, 15) is 9.59 Å². The third-order valence-corrected chi connectivity index (χ3v) is 4.67. The summed E-state index contributed by atoms with van der Waals surface area (Å²) in [6.45, 7) is 3.33. The molecule has 1 unspecified atom stereocenters. The molecular weight excluding hydrogens is 266 g/mol. The van der Waals surface area contributed by atoms with Gasteiger partial charge in [-0.2, -0.15) is 0 Å². The quantitative estimate of drug-likeness (QED) is 0.823. The van der Waals surface area contributed by atoms with Crippen LogP contribution in [0.2, 0.25) is 0 Å². The number of piperidine rings is 1. The summed E-state index contributed by atoms with van der Waals surface area (Å²) in [7, 11) is 0. The average Bonchev–Trinajstić information content (AvgIpc) is 2.48. The second-order valence-electron chi connectivity index (χ2n) is 6.68. The van der Waals surface area contributed by atoms with Gasteiger partial charge in [0.15, 0.2) is 0 Å². The zero-order valence-corrected chi connectivity index (χ0v) is 13.1. The van der Waals surface area contributed by atoms with Crippen molar-refractivity contribution in [3.63, 3.8) is 0 Å². The largest absolute Gasteiger partial charge is 0.353 e. The van der Waals surface area contributed by atoms with E-state index in [1.54, 1.807) is 0 Å². The van der Waals surface area contributed by atoms with Crippen LogP contribution in [-0.2, 0) is 9.59 Å². The number of nitrogens with one attached hydrogen (secondary N) is 1. The SMILES string of the molecule is CC(N)CC(=O)N1CCC(NC(=O)C2CCCCC2)CC1. The number of likely N-dealkylation sites (tertiary alicyclic amines) is 1. The summed E-state index contributed by atoms with van der Waals surface area (Å²) < 4.78 is 0. The van der Waals surface area contributed by atoms with Crippen molar-refractivity contribution < 1.29 is 9.59 Å². The van der Waals surface area contributed by atoms with E-state index in [-0.39, 0.29) is 29.8 Å². The number of rotatable bonds is 4. The van der Waals surface area contributed by atoms with Gasteiger partial charge in [0.05, 0.1) is 0 Å². The molecule has 0 aromatic carbocycles. The molecule has 1 atom stereocenters. The number of hydrogen-bond donors (Lipinski definition) is 2. The third kappa shape index (κ3) is 4.99. The Morgan fingerprint density at radius 2 is 1.76 bits per heavy atom. The summed E-state index contributed by atoms with van der Waals surface area (Å²) in [4.78, 5) is 26.0. The van der Waals surface area contributed by atoms with Gasteiger partial charge in [-0.1, -0.05) is 19.3 Å². The lowest BCUT2D eigenvalue weighted by molar-refractivity contribution is -0.132. The standard InChI is InChI=1S/C16H29N3O2/c1-12(17)11-15(20)19-9-7-14(8-10-19)18-16(21)13-5-3-2-4-6-13/h12-14H,2-11,17H2,1H3,(H,18,21). The molecule has 2 aliphatic rings. The van der Waals surface area contributed by atoms with Crippen molar-refractivity contribution in [1.82, 2.24) is 10.2 Å². The lowest BCUT2D eigenvalue weighted by Gasteiger charge is -2.34. The Bertz CT molecular complexity index is 357. The highest BCUT2D eigenvalue weighted by Crippen LogP contribution is 2.24. The Morgan fingerprint density at radius 3 is 2.33 bits per heavy atom. The molecule has 1 saturated carbocycles. The molecule has 1 aliphatic carbocycles. The predicted molar refractivity (Wildman–Crippen MR) is 82.6 cm³/mol. The van der Waals surface area contributed by atoms with E-state index in [4.69, 9.17) is 5.73 Å². The number of carbonyl (C=O) groups excluding carboxylic acids is 2. The van der Waals surface area contributed by atoms with Crippen LogP contribution in [-0.4, -0.2) is 41.9 Å². The summed E-state index contributed by atoms with van der Waals surface area (Å²) >= 11 is 0. The van der Waals surface area contributed by atoms with Crippen LogP contribution in [0.25, 0.3) is 0 Å². The lowest BCUT2D eigenvalue weighted by Crippen LogP contribution is -2.48. The van der Waals surface area contributed by atoms with Crippen molar-refractivity contribution in [3.05, 3.63) is 0 Å². The van der Waals surface area contributed by atoms with Crippen molar-refractivity contribution in [2.45, 2.75) is 70.4 Å². The number of nitrogens with two attached hydrogens (primary N) is 1. The van der Waals surface area contributed by atoms with Crippen LogP contribution in [0.15, 0.2) is 0 Å². The summed E-state index contributed by atoms with van der Waals surface area (Å²) in [5.74, 6) is 0.591. The molecule has 5 nitrogen and oxygen atoms in total. The minimum absolute atomic E-state index is 0.0822. The summed E-state index contributed by atoms with van der Waals surface area (Å²) in [6.07, 6.45) is 7.86. The second kappa shape index (κ2) is 7.78. The summed E-state index contributed by atoms with van der Waals surface area (Å²) in [5.41, 5.74) is 5.67. The predicted octanol–water partition coefficient (Wildman–Crippen LogP) is 1.41. The Kier molecular flexibility index (Phi) is 6.03. The fourth-order valence-corrected chi connectivity index (χ4v) is 3.36. The van der Waals surface area contributed by atoms with Gasteiger partial charge in [-0.15, -0.1) is 0 Å². The van der Waals surface area contributed by atoms with E-state index < -0.39 is 0 Å². The topological polar surface area (TPSA) is 75.4 Å². The molecule has 0 radical (unpaired) electrons. The maximum absolute atomic E-state index is 12.2. The Hall–Kier alpha value is -1.10. The van der Waals surface area contributed by atoms with E-state index in [1.165, 1.54) is 19.3 Å². The second-order valence-corrected chi connectivity index (χ2v) is 6.68. The molecule has 1 saturated heterocycles. The molecule has 0 aromatic rings. The molecule has 21 heavy (non-hydrogen) atoms. The van der Waals surface area contributed by atoms with E-state index in [0.717, 1.165) is 38.8 Å². The zero-order chi connectivity index (χ0) is 15.2. The Labute approximate surface area is 127 Å². The van der Waals surface area contributed by atoms with Gasteiger partial charge in [0.25, 0.3) is 0 Å². The maximum atomic E-state index is 12.2. The third-order valence-electron chi connectivity index (χ3n) is 4.67. The number of hydrogen-bond acceptors (Lipinski definition) is 3. The van der Waals surface area contributed by atoms with Crippen molar-refractivity contribution >= 4 is 11.8 Å². The van der Waals surface area contributed by atoms with Gasteiger partial charge in [-0.25, -0.2) is 0 Å². The molecule has 2 fully saturated rings. The van der Waals surface area contributed by atoms with E-state index in [2.05, 4.69) is 5.32 Å². The van der Waals surface area contributed by atoms with Crippen LogP contribution in [0, 0.1) is 5.92 Å². The molecule has 3 N–H and O–H groups in total. The van der Waals surface area contributed by atoms with Gasteiger partial charge in [0.1, 0.15) is 0 Å². The van der Waals surface area contributed by atoms with Crippen LogP contribution < -0.4 is 11.1 Å². The van der Waals surface area contributed by atoms with E-state index in [0.29, 0.717) is 6.42 Å². The van der Waals surface area contributed by atoms with Crippen LogP contribution in [0.4, 0.5) is 0 Å². The van der Waals surface area contributed by atoms with Crippen LogP contribution in [0.5, 0.6) is 0 Å². The van der Waals surface area contributed by atoms with Crippen molar-refractivity contribution in [2.75, 3.05) is 13.1 Å². The Balaban J connectivity index is 1.71. The molecule has 5 heteroatoms. The molecule has 2 amide bonds. The normalized spacial score (nSPS) is 22.9. The zero-order valence-electron chi connectivity index (χ0n) is 13.1. The van der Waals surface area contributed by atoms with Crippen molar-refractivity contribution in [2.24, 2.45) is 11.7 Å². The molecule has 0 spiro atoms. The maximum Gasteiger partial charge on any atom is 0.224 e. The Morgan fingerprint density at radius 1 is 1.14 bits per heavy atom. The fraction of sp³-hybridized carbons (Fsp3) is 0.875. The van der Waals surface area contributed by atoms with E-state index in [1.807, 2.05) is 11.8 Å². The van der Waals surface area contributed by atoms with Crippen LogP contribution >= 0.6 is 0 Å². The highest BCUT2D eigenvalue weighted by molar-refractivity contribution is 5.79. The number of carbonyl (C=O) groups is 2. The van der Waals surface area contributed by atoms with Gasteiger partial charge in [-0.05, 0) is 32.6 Å². The monoisotopic (exact) mass is 295 g/mol. The fourth-order valence-electron chi connectivity index (χ4n) is 3.36. The molecule has 0 bridgehead atoms. The highest BCUT2D eigenvalue weighted by atomic mass is 16.2. The first-order valence-corrected chi connectivity index (χ1v) is 8.40. The highest BCUT2D eigenvalue weighted by Gasteiger charge is 2.27. The minimum Gasteiger partial charge on any atom is -0.353 e. The minimum atomic E-state index is -0.0822. The molecule has 0 aromatic heterocycles. The number of amides is 2. The van der Waals surface area contributed by atoms with E-state index >= 15 is 0 Å². The molecule has 120 valence electrons. The summed E-state index contributed by atoms with van der Waals surface area (Å²) in [5, 5.41) is 3.19. The summed E-state index contributed by atoms with van der Waals surface area (Å²) in [6, 6.07) is 0.153. The van der Waals surface area contributed by atoms with Gasteiger partial charge < -0.3 is 16.0 Å². The van der Waals surface area contributed by atoms with Gasteiger partial charge in [-0.3, -0.25) is 9.59 Å². The van der Waals surface area contributed by atoms with Crippen molar-refractivity contribution in [3.8, 4) is 0 Å². The van der Waals surface area contributed by atoms with Gasteiger partial charge in [0, 0.05) is 37.5 Å².